The summed E-state index contributed by atoms with van der Waals surface area (Å²) < 4.78 is 12.2. The summed E-state index contributed by atoms with van der Waals surface area (Å²) in [5.74, 6) is 2.33. The van der Waals surface area contributed by atoms with E-state index in [-0.39, 0.29) is 4.49 Å². The monoisotopic (exact) mass is 415 g/mol. The number of benzene rings is 1. The van der Waals surface area contributed by atoms with Crippen LogP contribution in [-0.4, -0.2) is 25.5 Å². The molecule has 4 nitrogen and oxygen atoms in total. The van der Waals surface area contributed by atoms with Crippen LogP contribution in [0.5, 0.6) is 11.5 Å². The summed E-state index contributed by atoms with van der Waals surface area (Å²) in [7, 11) is 0. The topological polar surface area (TPSA) is 40.0 Å². The molecule has 6 heteroatoms. The molecule has 0 N–H and O–H groups in total. The van der Waals surface area contributed by atoms with Crippen molar-refractivity contribution in [1.29, 1.82) is 0 Å². The molecule has 0 saturated carbocycles. The largest absolute Gasteiger partial charge is 0.493 e. The van der Waals surface area contributed by atoms with Gasteiger partial charge in [0.05, 0.1) is 12.3 Å². The lowest BCUT2D eigenvalue weighted by atomic mass is 9.93. The number of halogens is 2. The van der Waals surface area contributed by atoms with Crippen LogP contribution in [0.1, 0.15) is 70.9 Å². The van der Waals surface area contributed by atoms with Crippen molar-refractivity contribution < 1.29 is 14.3 Å². The van der Waals surface area contributed by atoms with Crippen LogP contribution in [0.2, 0.25) is 0 Å². The summed E-state index contributed by atoms with van der Waals surface area (Å²) in [5, 5.41) is 3.93. The number of rotatable bonds is 11. The minimum atomic E-state index is 0.202. The predicted octanol–water partition coefficient (Wildman–Crippen LogP) is 6.81. The summed E-state index contributed by atoms with van der Waals surface area (Å²) >= 11 is 11.3. The van der Waals surface area contributed by atoms with Gasteiger partial charge in [-0.05, 0) is 43.9 Å². The van der Waals surface area contributed by atoms with Crippen molar-refractivity contribution >= 4 is 28.9 Å². The van der Waals surface area contributed by atoms with Crippen LogP contribution in [0.4, 0.5) is 0 Å². The van der Waals surface area contributed by atoms with Crippen molar-refractivity contribution in [3.63, 3.8) is 0 Å². The molecule has 0 amide bonds. The fraction of sp³-hybridized carbons (Fsp3) is 0.571. The molecule has 1 rings (SSSR count). The molecule has 0 aliphatic rings. The lowest BCUT2D eigenvalue weighted by molar-refractivity contribution is 0.127. The number of oxime groups is 1. The molecule has 1 aromatic carbocycles. The van der Waals surface area contributed by atoms with Gasteiger partial charge in [0.25, 0.3) is 0 Å². The maximum absolute atomic E-state index is 6.16. The normalized spacial score (nSPS) is 10.7. The van der Waals surface area contributed by atoms with E-state index < -0.39 is 0 Å². The van der Waals surface area contributed by atoms with Crippen molar-refractivity contribution in [2.75, 3.05) is 19.8 Å². The summed E-state index contributed by atoms with van der Waals surface area (Å²) in [6.45, 7) is 13.8. The van der Waals surface area contributed by atoms with Crippen LogP contribution >= 0.6 is 23.2 Å². The van der Waals surface area contributed by atoms with Crippen molar-refractivity contribution in [1.82, 2.24) is 0 Å². The van der Waals surface area contributed by atoms with E-state index in [0.717, 1.165) is 34.8 Å². The van der Waals surface area contributed by atoms with E-state index in [1.54, 1.807) is 6.08 Å². The highest BCUT2D eigenvalue weighted by Crippen LogP contribution is 2.38. The second-order valence-electron chi connectivity index (χ2n) is 7.12. The first-order valence-electron chi connectivity index (χ1n) is 9.30. The lowest BCUT2D eigenvalue weighted by Crippen LogP contribution is -2.08. The molecule has 0 atom stereocenters. The van der Waals surface area contributed by atoms with E-state index in [4.69, 9.17) is 37.5 Å². The van der Waals surface area contributed by atoms with Gasteiger partial charge < -0.3 is 14.3 Å². The first-order valence-corrected chi connectivity index (χ1v) is 10.1. The molecule has 0 aliphatic carbocycles. The first kappa shape index (κ1) is 23.6. The maximum Gasteiger partial charge on any atom is 0.126 e. The number of hydrogen-bond acceptors (Lipinski definition) is 4. The zero-order chi connectivity index (χ0) is 20.4. The minimum Gasteiger partial charge on any atom is -0.493 e. The van der Waals surface area contributed by atoms with Gasteiger partial charge in [-0.1, -0.05) is 56.1 Å². The Morgan fingerprint density at radius 2 is 1.59 bits per heavy atom. The van der Waals surface area contributed by atoms with Crippen LogP contribution in [0, 0.1) is 0 Å². The van der Waals surface area contributed by atoms with Gasteiger partial charge in [0, 0.05) is 17.5 Å². The van der Waals surface area contributed by atoms with E-state index in [0.29, 0.717) is 31.7 Å². The second kappa shape index (κ2) is 12.1. The summed E-state index contributed by atoms with van der Waals surface area (Å²) in [6.07, 6.45) is 2.39. The smallest absolute Gasteiger partial charge is 0.126 e. The molecule has 0 bridgehead atoms. The van der Waals surface area contributed by atoms with Crippen LogP contribution in [0.25, 0.3) is 0 Å². The minimum absolute atomic E-state index is 0.202. The Labute approximate surface area is 173 Å². The Balaban J connectivity index is 2.93. The zero-order valence-corrected chi connectivity index (χ0v) is 18.7. The standard InChI is InChI=1S/C21H31Cl2NO3/c1-14(2)18-12-17(25-11-8-20(22)23)13-19(15(3)4)21(18)26-9-7-10-27-24-16(5)6/h8,12-15H,7,9-11H2,1-6H3. The van der Waals surface area contributed by atoms with E-state index in [1.807, 2.05) is 26.0 Å². The third kappa shape index (κ3) is 8.89. The van der Waals surface area contributed by atoms with Crippen LogP contribution in [-0.2, 0) is 4.84 Å². The van der Waals surface area contributed by atoms with E-state index in [9.17, 15) is 0 Å². The van der Waals surface area contributed by atoms with Gasteiger partial charge in [-0.3, -0.25) is 0 Å². The van der Waals surface area contributed by atoms with Crippen LogP contribution < -0.4 is 9.47 Å². The summed E-state index contributed by atoms with van der Waals surface area (Å²) in [5.41, 5.74) is 3.15. The fourth-order valence-corrected chi connectivity index (χ4v) is 2.55. The molecule has 0 aliphatic heterocycles. The molecule has 0 heterocycles. The van der Waals surface area contributed by atoms with Gasteiger partial charge in [0.15, 0.2) is 0 Å². The molecular weight excluding hydrogens is 385 g/mol. The molecule has 0 aromatic heterocycles. The highest BCUT2D eigenvalue weighted by atomic mass is 35.5. The van der Waals surface area contributed by atoms with Gasteiger partial charge in [0.2, 0.25) is 0 Å². The molecule has 152 valence electrons. The van der Waals surface area contributed by atoms with Crippen molar-refractivity contribution in [2.45, 2.75) is 59.8 Å². The Morgan fingerprint density at radius 1 is 1.00 bits per heavy atom. The molecule has 0 saturated heterocycles. The zero-order valence-electron chi connectivity index (χ0n) is 17.1. The van der Waals surface area contributed by atoms with E-state index in [2.05, 4.69) is 32.9 Å². The highest BCUT2D eigenvalue weighted by Gasteiger charge is 2.18. The van der Waals surface area contributed by atoms with Crippen LogP contribution in [0.15, 0.2) is 27.9 Å². The molecule has 27 heavy (non-hydrogen) atoms. The Bertz CT molecular complexity index is 618. The Kier molecular flexibility index (Phi) is 10.6. The third-order valence-corrected chi connectivity index (χ3v) is 4.03. The van der Waals surface area contributed by atoms with Crippen LogP contribution in [0.3, 0.4) is 0 Å². The van der Waals surface area contributed by atoms with Gasteiger partial charge in [0.1, 0.15) is 29.2 Å². The predicted molar refractivity (Wildman–Crippen MR) is 115 cm³/mol. The average molecular weight is 416 g/mol. The summed E-state index contributed by atoms with van der Waals surface area (Å²) in [6, 6.07) is 4.06. The van der Waals surface area contributed by atoms with Crippen molar-refractivity contribution in [2.24, 2.45) is 5.16 Å². The van der Waals surface area contributed by atoms with Gasteiger partial charge in [-0.15, -0.1) is 0 Å². The SMILES string of the molecule is CC(C)=NOCCCOc1c(C(C)C)cc(OCC=C(Cl)Cl)cc1C(C)C. The van der Waals surface area contributed by atoms with Gasteiger partial charge in [-0.2, -0.15) is 0 Å². The lowest BCUT2D eigenvalue weighted by Gasteiger charge is -2.21. The quantitative estimate of drug-likeness (QED) is 0.226. The molecule has 0 fully saturated rings. The van der Waals surface area contributed by atoms with Gasteiger partial charge in [-0.25, -0.2) is 0 Å². The maximum atomic E-state index is 6.16. The Hall–Kier alpha value is -1.39. The van der Waals surface area contributed by atoms with Crippen molar-refractivity contribution in [3.8, 4) is 11.5 Å². The summed E-state index contributed by atoms with van der Waals surface area (Å²) in [4.78, 5) is 5.23. The molecule has 0 spiro atoms. The molecular formula is C21H31Cl2NO3. The highest BCUT2D eigenvalue weighted by molar-refractivity contribution is 6.55. The molecule has 1 aromatic rings. The van der Waals surface area contributed by atoms with E-state index in [1.165, 1.54) is 0 Å². The third-order valence-electron chi connectivity index (χ3n) is 3.73. The van der Waals surface area contributed by atoms with Crippen molar-refractivity contribution in [3.05, 3.63) is 33.8 Å². The van der Waals surface area contributed by atoms with E-state index >= 15 is 0 Å². The average Bonchev–Trinajstić information content (AvgIpc) is 2.57. The second-order valence-corrected chi connectivity index (χ2v) is 8.13. The number of ether oxygens (including phenoxy) is 2. The fourth-order valence-electron chi connectivity index (χ4n) is 2.43. The van der Waals surface area contributed by atoms with Gasteiger partial charge >= 0.3 is 0 Å². The molecule has 0 unspecified atom stereocenters. The number of nitrogens with zero attached hydrogens (tertiary/aromatic N) is 1. The Morgan fingerprint density at radius 3 is 2.07 bits per heavy atom. The molecule has 0 radical (unpaired) electrons. The number of hydrogen-bond donors (Lipinski definition) is 0. The first-order chi connectivity index (χ1) is 12.7.